The monoisotopic (exact) mass is 366 g/mol. The Bertz CT molecular complexity index is 538. The van der Waals surface area contributed by atoms with Crippen LogP contribution in [0.1, 0.15) is 46.3 Å². The van der Waals surface area contributed by atoms with Gasteiger partial charge in [0.15, 0.2) is 4.67 Å². The Morgan fingerprint density at radius 3 is 2.55 bits per heavy atom. The first-order valence-corrected chi connectivity index (χ1v) is 9.02. The standard InChI is InChI=1S/C13H23BrN2O3S/c1-5-7-13(3,4)16-20(17,18)11-8-10(9-15-6-2)19-12(11)14/h8,15-16H,5-7,9H2,1-4H3. The van der Waals surface area contributed by atoms with Crippen molar-refractivity contribution in [2.24, 2.45) is 0 Å². The van der Waals surface area contributed by atoms with Gasteiger partial charge in [-0.2, -0.15) is 0 Å². The zero-order valence-corrected chi connectivity index (χ0v) is 14.8. The fraction of sp³-hybridized carbons (Fsp3) is 0.692. The number of sulfonamides is 1. The third-order valence-electron chi connectivity index (χ3n) is 2.83. The van der Waals surface area contributed by atoms with E-state index in [1.807, 2.05) is 27.7 Å². The van der Waals surface area contributed by atoms with E-state index in [0.717, 1.165) is 19.4 Å². The molecule has 0 aliphatic rings. The highest BCUT2D eigenvalue weighted by molar-refractivity contribution is 9.10. The Balaban J connectivity index is 2.95. The first kappa shape index (κ1) is 17.7. The van der Waals surface area contributed by atoms with Gasteiger partial charge in [0.05, 0.1) is 6.54 Å². The van der Waals surface area contributed by atoms with Crippen LogP contribution in [-0.2, 0) is 16.6 Å². The summed E-state index contributed by atoms with van der Waals surface area (Å²) in [7, 11) is -3.59. The molecule has 0 unspecified atom stereocenters. The van der Waals surface area contributed by atoms with E-state index in [1.54, 1.807) is 6.07 Å². The molecule has 0 fully saturated rings. The van der Waals surface area contributed by atoms with Gasteiger partial charge in [-0.1, -0.05) is 20.3 Å². The average Bonchev–Trinajstić information content (AvgIpc) is 2.67. The van der Waals surface area contributed by atoms with Gasteiger partial charge < -0.3 is 9.73 Å². The summed E-state index contributed by atoms with van der Waals surface area (Å²) in [6.45, 7) is 9.05. The largest absolute Gasteiger partial charge is 0.452 e. The fourth-order valence-electron chi connectivity index (χ4n) is 2.01. The van der Waals surface area contributed by atoms with Gasteiger partial charge in [-0.25, -0.2) is 13.1 Å². The Hall–Kier alpha value is -0.370. The highest BCUT2D eigenvalue weighted by Gasteiger charge is 2.29. The van der Waals surface area contributed by atoms with E-state index in [-0.39, 0.29) is 9.56 Å². The fourth-order valence-corrected chi connectivity index (χ4v) is 4.45. The summed E-state index contributed by atoms with van der Waals surface area (Å²) in [6, 6.07) is 1.55. The summed E-state index contributed by atoms with van der Waals surface area (Å²) in [5.74, 6) is 0.590. The maximum absolute atomic E-state index is 12.4. The molecule has 0 bridgehead atoms. The number of halogens is 1. The van der Waals surface area contributed by atoms with E-state index in [1.165, 1.54) is 0 Å². The quantitative estimate of drug-likeness (QED) is 0.741. The molecule has 0 spiro atoms. The molecule has 1 aromatic rings. The predicted molar refractivity (Wildman–Crippen MR) is 83.1 cm³/mol. The van der Waals surface area contributed by atoms with Crippen LogP contribution in [0.3, 0.4) is 0 Å². The molecule has 0 aliphatic carbocycles. The summed E-state index contributed by atoms with van der Waals surface area (Å²) in [4.78, 5) is 0.148. The van der Waals surface area contributed by atoms with Crippen LogP contribution >= 0.6 is 15.9 Å². The molecule has 1 rings (SSSR count). The van der Waals surface area contributed by atoms with Crippen LogP contribution in [0.15, 0.2) is 20.0 Å². The van der Waals surface area contributed by atoms with Crippen LogP contribution in [0.5, 0.6) is 0 Å². The first-order valence-electron chi connectivity index (χ1n) is 6.74. The van der Waals surface area contributed by atoms with Crippen LogP contribution in [0, 0.1) is 0 Å². The lowest BCUT2D eigenvalue weighted by Gasteiger charge is -2.24. The third kappa shape index (κ3) is 4.87. The molecule has 0 aliphatic heterocycles. The second kappa shape index (κ2) is 7.06. The molecule has 1 heterocycles. The average molecular weight is 367 g/mol. The molecule has 20 heavy (non-hydrogen) atoms. The third-order valence-corrected chi connectivity index (χ3v) is 5.39. The van der Waals surface area contributed by atoms with Crippen LogP contribution in [0.25, 0.3) is 0 Å². The molecular formula is C13H23BrN2O3S. The van der Waals surface area contributed by atoms with Gasteiger partial charge in [-0.3, -0.25) is 0 Å². The lowest BCUT2D eigenvalue weighted by Crippen LogP contribution is -2.43. The lowest BCUT2D eigenvalue weighted by molar-refractivity contribution is 0.416. The van der Waals surface area contributed by atoms with Gasteiger partial charge >= 0.3 is 0 Å². The van der Waals surface area contributed by atoms with Gasteiger partial charge in [0, 0.05) is 11.6 Å². The van der Waals surface area contributed by atoms with Crippen molar-refractivity contribution in [1.82, 2.24) is 10.0 Å². The number of hydrogen-bond donors (Lipinski definition) is 2. The van der Waals surface area contributed by atoms with Crippen molar-refractivity contribution in [2.45, 2.75) is 57.5 Å². The second-order valence-electron chi connectivity index (χ2n) is 5.37. The van der Waals surface area contributed by atoms with Crippen LogP contribution in [-0.4, -0.2) is 20.5 Å². The number of rotatable bonds is 8. The zero-order chi connectivity index (χ0) is 15.4. The van der Waals surface area contributed by atoms with Crippen LogP contribution in [0.4, 0.5) is 0 Å². The minimum absolute atomic E-state index is 0.148. The maximum atomic E-state index is 12.4. The molecule has 116 valence electrons. The van der Waals surface area contributed by atoms with Gasteiger partial charge in [0.2, 0.25) is 10.0 Å². The van der Waals surface area contributed by atoms with Gasteiger partial charge in [0.1, 0.15) is 10.7 Å². The SMILES string of the molecule is CCCC(C)(C)NS(=O)(=O)c1cc(CNCC)oc1Br. The van der Waals surface area contributed by atoms with Crippen molar-refractivity contribution < 1.29 is 12.8 Å². The minimum atomic E-state index is -3.59. The molecule has 0 saturated heterocycles. The number of furan rings is 1. The van der Waals surface area contributed by atoms with Crippen molar-refractivity contribution in [3.05, 3.63) is 16.5 Å². The summed E-state index contributed by atoms with van der Waals surface area (Å²) in [5.41, 5.74) is -0.480. The molecule has 0 aromatic carbocycles. The molecule has 0 atom stereocenters. The lowest BCUT2D eigenvalue weighted by atomic mass is 10.0. The highest BCUT2D eigenvalue weighted by Crippen LogP contribution is 2.27. The van der Waals surface area contributed by atoms with E-state index in [4.69, 9.17) is 4.42 Å². The molecule has 0 radical (unpaired) electrons. The zero-order valence-electron chi connectivity index (χ0n) is 12.4. The number of hydrogen-bond acceptors (Lipinski definition) is 4. The Morgan fingerprint density at radius 2 is 2.00 bits per heavy atom. The van der Waals surface area contributed by atoms with Crippen molar-refractivity contribution in [3.63, 3.8) is 0 Å². The highest BCUT2D eigenvalue weighted by atomic mass is 79.9. The van der Waals surface area contributed by atoms with Crippen molar-refractivity contribution in [3.8, 4) is 0 Å². The minimum Gasteiger partial charge on any atom is -0.452 e. The Kier molecular flexibility index (Phi) is 6.25. The van der Waals surface area contributed by atoms with Crippen molar-refractivity contribution >= 4 is 26.0 Å². The van der Waals surface area contributed by atoms with E-state index in [2.05, 4.69) is 26.0 Å². The molecule has 5 nitrogen and oxygen atoms in total. The normalized spacial score (nSPS) is 12.8. The van der Waals surface area contributed by atoms with Gasteiger partial charge in [-0.05, 0) is 42.7 Å². The van der Waals surface area contributed by atoms with Crippen LogP contribution in [0.2, 0.25) is 0 Å². The number of nitrogens with one attached hydrogen (secondary N) is 2. The van der Waals surface area contributed by atoms with Crippen molar-refractivity contribution in [2.75, 3.05) is 6.54 Å². The molecular weight excluding hydrogens is 344 g/mol. The second-order valence-corrected chi connectivity index (χ2v) is 7.74. The van der Waals surface area contributed by atoms with Crippen molar-refractivity contribution in [1.29, 1.82) is 0 Å². The molecule has 0 saturated carbocycles. The predicted octanol–water partition coefficient (Wildman–Crippen LogP) is 3.01. The molecule has 2 N–H and O–H groups in total. The summed E-state index contributed by atoms with van der Waals surface area (Å²) in [6.07, 6.45) is 1.68. The summed E-state index contributed by atoms with van der Waals surface area (Å²) >= 11 is 3.18. The Morgan fingerprint density at radius 1 is 1.35 bits per heavy atom. The maximum Gasteiger partial charge on any atom is 0.245 e. The summed E-state index contributed by atoms with van der Waals surface area (Å²) in [5, 5.41) is 3.10. The van der Waals surface area contributed by atoms with E-state index >= 15 is 0 Å². The van der Waals surface area contributed by atoms with Gasteiger partial charge in [-0.15, -0.1) is 0 Å². The van der Waals surface area contributed by atoms with E-state index in [9.17, 15) is 8.42 Å². The van der Waals surface area contributed by atoms with E-state index in [0.29, 0.717) is 12.3 Å². The molecule has 1 aromatic heterocycles. The first-order chi connectivity index (χ1) is 9.22. The van der Waals surface area contributed by atoms with Gasteiger partial charge in [0.25, 0.3) is 0 Å². The molecule has 7 heteroatoms. The molecule has 0 amide bonds. The Labute approximate surface area is 129 Å². The topological polar surface area (TPSA) is 71.3 Å². The smallest absolute Gasteiger partial charge is 0.245 e. The van der Waals surface area contributed by atoms with E-state index < -0.39 is 15.6 Å². The summed E-state index contributed by atoms with van der Waals surface area (Å²) < 4.78 is 33.2. The van der Waals surface area contributed by atoms with Crippen LogP contribution < -0.4 is 10.0 Å².